The highest BCUT2D eigenvalue weighted by Gasteiger charge is 2.24. The van der Waals surface area contributed by atoms with E-state index in [0.717, 1.165) is 26.1 Å². The molecule has 1 aromatic rings. The second-order valence-corrected chi connectivity index (χ2v) is 3.88. The summed E-state index contributed by atoms with van der Waals surface area (Å²) in [6.45, 7) is 4.69. The monoisotopic (exact) mass is 208 g/mol. The molecule has 15 heavy (non-hydrogen) atoms. The zero-order valence-corrected chi connectivity index (χ0v) is 8.90. The van der Waals surface area contributed by atoms with Gasteiger partial charge in [-0.2, -0.15) is 0 Å². The number of nitrogens with zero attached hydrogens (tertiary/aromatic N) is 1. The fraction of sp³-hybridized carbons (Fsp3) is 0.545. The van der Waals surface area contributed by atoms with Crippen LogP contribution in [0.5, 0.6) is 0 Å². The van der Waals surface area contributed by atoms with Crippen LogP contribution in [0.1, 0.15) is 23.9 Å². The first kappa shape index (κ1) is 10.2. The van der Waals surface area contributed by atoms with Crippen molar-refractivity contribution in [3.8, 4) is 0 Å². The molecule has 1 aromatic heterocycles. The maximum Gasteiger partial charge on any atom is 0.289 e. The van der Waals surface area contributed by atoms with Crippen molar-refractivity contribution in [3.05, 3.63) is 24.2 Å². The highest BCUT2D eigenvalue weighted by Crippen LogP contribution is 2.11. The van der Waals surface area contributed by atoms with Crippen LogP contribution in [-0.4, -0.2) is 36.5 Å². The van der Waals surface area contributed by atoms with Gasteiger partial charge >= 0.3 is 0 Å². The van der Waals surface area contributed by atoms with Crippen LogP contribution in [0.4, 0.5) is 0 Å². The molecule has 1 fully saturated rings. The summed E-state index contributed by atoms with van der Waals surface area (Å²) in [7, 11) is 0. The molecule has 1 atom stereocenters. The van der Waals surface area contributed by atoms with E-state index in [4.69, 9.17) is 4.42 Å². The summed E-state index contributed by atoms with van der Waals surface area (Å²) in [6, 6.07) is 3.69. The van der Waals surface area contributed by atoms with Crippen LogP contribution in [0.15, 0.2) is 22.8 Å². The minimum atomic E-state index is -0.00352. The van der Waals surface area contributed by atoms with E-state index in [1.807, 2.05) is 4.90 Å². The number of furan rings is 1. The third-order valence-electron chi connectivity index (χ3n) is 2.72. The molecule has 1 aliphatic rings. The molecule has 1 amide bonds. The van der Waals surface area contributed by atoms with E-state index in [0.29, 0.717) is 5.76 Å². The number of carbonyl (C=O) groups is 1. The van der Waals surface area contributed by atoms with Gasteiger partial charge in [0.2, 0.25) is 0 Å². The summed E-state index contributed by atoms with van der Waals surface area (Å²) in [5.74, 6) is 0.431. The lowest BCUT2D eigenvalue weighted by molar-refractivity contribution is 0.0674. The third kappa shape index (κ3) is 2.21. The molecule has 2 heterocycles. The Morgan fingerprint density at radius 3 is 3.27 bits per heavy atom. The SMILES string of the molecule is CC1CNCCCN1C(=O)c1ccco1. The molecule has 1 aliphatic heterocycles. The number of carbonyl (C=O) groups excluding carboxylic acids is 1. The average molecular weight is 208 g/mol. The van der Waals surface area contributed by atoms with Gasteiger partial charge in [0, 0.05) is 19.1 Å². The average Bonchev–Trinajstić information content (AvgIpc) is 2.68. The molecule has 0 aliphatic carbocycles. The van der Waals surface area contributed by atoms with E-state index >= 15 is 0 Å². The van der Waals surface area contributed by atoms with Crippen LogP contribution in [0.3, 0.4) is 0 Å². The molecule has 1 saturated heterocycles. The van der Waals surface area contributed by atoms with Crippen molar-refractivity contribution in [2.24, 2.45) is 0 Å². The fourth-order valence-corrected chi connectivity index (χ4v) is 1.86. The summed E-state index contributed by atoms with van der Waals surface area (Å²) >= 11 is 0. The molecule has 0 aromatic carbocycles. The van der Waals surface area contributed by atoms with Crippen LogP contribution in [-0.2, 0) is 0 Å². The topological polar surface area (TPSA) is 45.5 Å². The van der Waals surface area contributed by atoms with Crippen molar-refractivity contribution in [2.45, 2.75) is 19.4 Å². The number of hydrogen-bond acceptors (Lipinski definition) is 3. The maximum absolute atomic E-state index is 12.0. The normalized spacial score (nSPS) is 22.5. The highest BCUT2D eigenvalue weighted by atomic mass is 16.3. The Labute approximate surface area is 89.2 Å². The van der Waals surface area contributed by atoms with Gasteiger partial charge in [0.05, 0.1) is 6.26 Å². The van der Waals surface area contributed by atoms with Crippen molar-refractivity contribution < 1.29 is 9.21 Å². The van der Waals surface area contributed by atoms with Gasteiger partial charge in [0.1, 0.15) is 0 Å². The molecular formula is C11H16N2O2. The second-order valence-electron chi connectivity index (χ2n) is 3.88. The summed E-state index contributed by atoms with van der Waals surface area (Å²) < 4.78 is 5.13. The van der Waals surface area contributed by atoms with Crippen LogP contribution in [0.25, 0.3) is 0 Å². The van der Waals surface area contributed by atoms with Crippen molar-refractivity contribution in [3.63, 3.8) is 0 Å². The van der Waals surface area contributed by atoms with Gasteiger partial charge in [-0.3, -0.25) is 4.79 Å². The van der Waals surface area contributed by atoms with Crippen molar-refractivity contribution >= 4 is 5.91 Å². The Balaban J connectivity index is 2.11. The van der Waals surface area contributed by atoms with E-state index < -0.39 is 0 Å². The lowest BCUT2D eigenvalue weighted by Gasteiger charge is -2.25. The lowest BCUT2D eigenvalue weighted by Crippen LogP contribution is -2.41. The maximum atomic E-state index is 12.0. The molecule has 0 spiro atoms. The smallest absolute Gasteiger partial charge is 0.289 e. The Hall–Kier alpha value is -1.29. The van der Waals surface area contributed by atoms with Gasteiger partial charge in [-0.25, -0.2) is 0 Å². The predicted molar refractivity (Wildman–Crippen MR) is 56.7 cm³/mol. The van der Waals surface area contributed by atoms with E-state index in [1.165, 1.54) is 6.26 Å². The van der Waals surface area contributed by atoms with Crippen molar-refractivity contribution in [2.75, 3.05) is 19.6 Å². The minimum Gasteiger partial charge on any atom is -0.459 e. The van der Waals surface area contributed by atoms with Crippen molar-refractivity contribution in [1.29, 1.82) is 0 Å². The lowest BCUT2D eigenvalue weighted by atomic mass is 10.2. The Morgan fingerprint density at radius 2 is 2.53 bits per heavy atom. The highest BCUT2D eigenvalue weighted by molar-refractivity contribution is 5.91. The van der Waals surface area contributed by atoms with Crippen LogP contribution < -0.4 is 5.32 Å². The molecule has 0 saturated carbocycles. The first-order valence-electron chi connectivity index (χ1n) is 5.34. The second kappa shape index (κ2) is 4.49. The fourth-order valence-electron chi connectivity index (χ4n) is 1.86. The van der Waals surface area contributed by atoms with E-state index in [9.17, 15) is 4.79 Å². The number of hydrogen-bond donors (Lipinski definition) is 1. The van der Waals surface area contributed by atoms with E-state index in [1.54, 1.807) is 12.1 Å². The molecule has 1 unspecified atom stereocenters. The molecule has 1 N–H and O–H groups in total. The van der Waals surface area contributed by atoms with Gasteiger partial charge in [-0.1, -0.05) is 0 Å². The Bertz CT molecular complexity index is 321. The molecule has 4 nitrogen and oxygen atoms in total. The largest absolute Gasteiger partial charge is 0.459 e. The molecule has 2 rings (SSSR count). The molecular weight excluding hydrogens is 192 g/mol. The zero-order valence-electron chi connectivity index (χ0n) is 8.90. The van der Waals surface area contributed by atoms with E-state index in [-0.39, 0.29) is 11.9 Å². The van der Waals surface area contributed by atoms with Crippen molar-refractivity contribution in [1.82, 2.24) is 10.2 Å². The summed E-state index contributed by atoms with van der Waals surface area (Å²) in [5, 5.41) is 3.30. The zero-order chi connectivity index (χ0) is 10.7. The predicted octanol–water partition coefficient (Wildman–Crippen LogP) is 1.10. The number of nitrogens with one attached hydrogen (secondary N) is 1. The molecule has 82 valence electrons. The van der Waals surface area contributed by atoms with Crippen LogP contribution in [0, 0.1) is 0 Å². The quantitative estimate of drug-likeness (QED) is 0.751. The first-order valence-corrected chi connectivity index (χ1v) is 5.34. The Morgan fingerprint density at radius 1 is 1.67 bits per heavy atom. The molecule has 0 bridgehead atoms. The standard InChI is InChI=1S/C11H16N2O2/c1-9-8-12-5-3-6-13(9)11(14)10-4-2-7-15-10/h2,4,7,9,12H,3,5-6,8H2,1H3. The Kier molecular flexibility index (Phi) is 3.06. The van der Waals surface area contributed by atoms with Crippen LogP contribution >= 0.6 is 0 Å². The summed E-state index contributed by atoms with van der Waals surface area (Å²) in [5.41, 5.74) is 0. The van der Waals surface area contributed by atoms with Gasteiger partial charge in [0.25, 0.3) is 5.91 Å². The van der Waals surface area contributed by atoms with Gasteiger partial charge in [0.15, 0.2) is 5.76 Å². The van der Waals surface area contributed by atoms with E-state index in [2.05, 4.69) is 12.2 Å². The third-order valence-corrected chi connectivity index (χ3v) is 2.72. The van der Waals surface area contributed by atoms with Gasteiger partial charge < -0.3 is 14.6 Å². The summed E-state index contributed by atoms with van der Waals surface area (Å²) in [6.07, 6.45) is 2.53. The minimum absolute atomic E-state index is 0.00352. The molecule has 0 radical (unpaired) electrons. The number of rotatable bonds is 1. The molecule has 4 heteroatoms. The van der Waals surface area contributed by atoms with Crippen LogP contribution in [0.2, 0.25) is 0 Å². The number of amides is 1. The summed E-state index contributed by atoms with van der Waals surface area (Å²) in [4.78, 5) is 13.9. The van der Waals surface area contributed by atoms with Gasteiger partial charge in [-0.05, 0) is 32.0 Å². The first-order chi connectivity index (χ1) is 7.29. The van der Waals surface area contributed by atoms with Gasteiger partial charge in [-0.15, -0.1) is 0 Å².